The fourth-order valence-corrected chi connectivity index (χ4v) is 3.31. The van der Waals surface area contributed by atoms with E-state index in [0.717, 1.165) is 5.02 Å². The maximum atomic E-state index is 6.57. The van der Waals surface area contributed by atoms with E-state index in [4.69, 9.17) is 17.3 Å². The van der Waals surface area contributed by atoms with Gasteiger partial charge in [-0.1, -0.05) is 43.0 Å². The number of hydrogen-bond donors (Lipinski definition) is 1. The Kier molecular flexibility index (Phi) is 4.31. The van der Waals surface area contributed by atoms with Gasteiger partial charge in [-0.05, 0) is 44.6 Å². The van der Waals surface area contributed by atoms with Crippen molar-refractivity contribution >= 4 is 11.6 Å². The SMILES string of the molecule is CN(C)C1(C(N)c2ccc(Cl)cc2)CCCCC1. The van der Waals surface area contributed by atoms with Gasteiger partial charge in [0, 0.05) is 16.6 Å². The van der Waals surface area contributed by atoms with Gasteiger partial charge in [-0.25, -0.2) is 0 Å². The first-order chi connectivity index (χ1) is 8.56. The van der Waals surface area contributed by atoms with E-state index in [1.54, 1.807) is 0 Å². The van der Waals surface area contributed by atoms with Crippen LogP contribution in [0.2, 0.25) is 5.02 Å². The second-order valence-corrected chi connectivity index (χ2v) is 6.02. The lowest BCUT2D eigenvalue weighted by molar-refractivity contribution is 0.0713. The zero-order chi connectivity index (χ0) is 13.2. The average Bonchev–Trinajstić information content (AvgIpc) is 2.39. The highest BCUT2D eigenvalue weighted by atomic mass is 35.5. The number of halogens is 1. The van der Waals surface area contributed by atoms with Gasteiger partial charge < -0.3 is 10.6 Å². The van der Waals surface area contributed by atoms with Gasteiger partial charge in [-0.15, -0.1) is 0 Å². The van der Waals surface area contributed by atoms with Crippen LogP contribution >= 0.6 is 11.6 Å². The molecule has 18 heavy (non-hydrogen) atoms. The molecule has 1 aromatic carbocycles. The highest BCUT2D eigenvalue weighted by Gasteiger charge is 2.40. The summed E-state index contributed by atoms with van der Waals surface area (Å²) >= 11 is 5.95. The normalized spacial score (nSPS) is 20.9. The van der Waals surface area contributed by atoms with Crippen LogP contribution in [0.3, 0.4) is 0 Å². The van der Waals surface area contributed by atoms with E-state index in [0.29, 0.717) is 0 Å². The summed E-state index contributed by atoms with van der Waals surface area (Å²) in [5.41, 5.74) is 7.86. The Bertz CT molecular complexity index is 380. The first kappa shape index (κ1) is 13.9. The molecule has 0 radical (unpaired) electrons. The first-order valence-corrected chi connectivity index (χ1v) is 7.12. The fraction of sp³-hybridized carbons (Fsp3) is 0.600. The van der Waals surface area contributed by atoms with Gasteiger partial charge in [0.1, 0.15) is 0 Å². The van der Waals surface area contributed by atoms with Crippen molar-refractivity contribution in [3.63, 3.8) is 0 Å². The van der Waals surface area contributed by atoms with Crippen molar-refractivity contribution in [2.75, 3.05) is 14.1 Å². The van der Waals surface area contributed by atoms with Crippen LogP contribution in [-0.4, -0.2) is 24.5 Å². The summed E-state index contributed by atoms with van der Waals surface area (Å²) in [6.45, 7) is 0. The Morgan fingerprint density at radius 2 is 1.67 bits per heavy atom. The highest BCUT2D eigenvalue weighted by Crippen LogP contribution is 2.40. The van der Waals surface area contributed by atoms with Crippen LogP contribution in [0.1, 0.15) is 43.7 Å². The molecule has 0 aliphatic heterocycles. The van der Waals surface area contributed by atoms with E-state index in [2.05, 4.69) is 31.1 Å². The zero-order valence-corrected chi connectivity index (χ0v) is 12.1. The van der Waals surface area contributed by atoms with Crippen LogP contribution in [0.25, 0.3) is 0 Å². The number of benzene rings is 1. The Labute approximate surface area is 115 Å². The molecule has 1 atom stereocenters. The van der Waals surface area contributed by atoms with Gasteiger partial charge in [0.25, 0.3) is 0 Å². The van der Waals surface area contributed by atoms with Crippen molar-refractivity contribution < 1.29 is 0 Å². The average molecular weight is 267 g/mol. The summed E-state index contributed by atoms with van der Waals surface area (Å²) in [5, 5.41) is 0.772. The van der Waals surface area contributed by atoms with Gasteiger partial charge >= 0.3 is 0 Å². The minimum absolute atomic E-state index is 0.0602. The molecule has 2 nitrogen and oxygen atoms in total. The Balaban J connectivity index is 2.27. The van der Waals surface area contributed by atoms with Crippen molar-refractivity contribution in [3.8, 4) is 0 Å². The number of nitrogens with two attached hydrogens (primary N) is 1. The largest absolute Gasteiger partial charge is 0.322 e. The second kappa shape index (κ2) is 5.60. The number of nitrogens with zero attached hydrogens (tertiary/aromatic N) is 1. The minimum atomic E-state index is 0.0602. The molecule has 0 heterocycles. The lowest BCUT2D eigenvalue weighted by Gasteiger charge is -2.47. The molecule has 1 aromatic rings. The van der Waals surface area contributed by atoms with Crippen molar-refractivity contribution in [1.82, 2.24) is 4.90 Å². The molecule has 1 aliphatic rings. The van der Waals surface area contributed by atoms with E-state index in [-0.39, 0.29) is 11.6 Å². The Morgan fingerprint density at radius 1 is 1.11 bits per heavy atom. The summed E-state index contributed by atoms with van der Waals surface area (Å²) in [4.78, 5) is 2.32. The van der Waals surface area contributed by atoms with Crippen LogP contribution in [0.15, 0.2) is 24.3 Å². The molecule has 0 aromatic heterocycles. The number of rotatable bonds is 3. The van der Waals surface area contributed by atoms with Gasteiger partial charge in [0.15, 0.2) is 0 Å². The summed E-state index contributed by atoms with van der Waals surface area (Å²) in [5.74, 6) is 0. The fourth-order valence-electron chi connectivity index (χ4n) is 3.18. The summed E-state index contributed by atoms with van der Waals surface area (Å²) in [6.07, 6.45) is 6.26. The summed E-state index contributed by atoms with van der Waals surface area (Å²) < 4.78 is 0. The highest BCUT2D eigenvalue weighted by molar-refractivity contribution is 6.30. The van der Waals surface area contributed by atoms with Crippen LogP contribution in [0, 0.1) is 0 Å². The van der Waals surface area contributed by atoms with Crippen LogP contribution in [0.5, 0.6) is 0 Å². The van der Waals surface area contributed by atoms with Crippen LogP contribution in [0.4, 0.5) is 0 Å². The number of likely N-dealkylation sites (N-methyl/N-ethyl adjacent to an activating group) is 1. The van der Waals surface area contributed by atoms with Gasteiger partial charge in [-0.2, -0.15) is 0 Å². The summed E-state index contributed by atoms with van der Waals surface area (Å²) in [6, 6.07) is 8.05. The molecule has 100 valence electrons. The molecule has 2 rings (SSSR count). The Hall–Kier alpha value is -0.570. The molecule has 1 aliphatic carbocycles. The molecule has 0 bridgehead atoms. The maximum absolute atomic E-state index is 6.57. The first-order valence-electron chi connectivity index (χ1n) is 6.75. The molecule has 1 unspecified atom stereocenters. The van der Waals surface area contributed by atoms with E-state index < -0.39 is 0 Å². The lowest BCUT2D eigenvalue weighted by Crippen LogP contribution is -2.53. The van der Waals surface area contributed by atoms with Crippen molar-refractivity contribution in [3.05, 3.63) is 34.9 Å². The van der Waals surface area contributed by atoms with Crippen molar-refractivity contribution in [1.29, 1.82) is 0 Å². The van der Waals surface area contributed by atoms with Crippen molar-refractivity contribution in [2.24, 2.45) is 5.73 Å². The molecule has 3 heteroatoms. The topological polar surface area (TPSA) is 29.3 Å². The predicted octanol–water partition coefficient (Wildman–Crippen LogP) is 3.60. The number of hydrogen-bond acceptors (Lipinski definition) is 2. The van der Waals surface area contributed by atoms with E-state index in [9.17, 15) is 0 Å². The van der Waals surface area contributed by atoms with Crippen molar-refractivity contribution in [2.45, 2.75) is 43.7 Å². The van der Waals surface area contributed by atoms with E-state index in [1.807, 2.05) is 12.1 Å². The minimum Gasteiger partial charge on any atom is -0.322 e. The molecule has 0 amide bonds. The smallest absolute Gasteiger partial charge is 0.0481 e. The lowest BCUT2D eigenvalue weighted by atomic mass is 9.73. The van der Waals surface area contributed by atoms with Gasteiger partial charge in [0.2, 0.25) is 0 Å². The third kappa shape index (κ3) is 2.56. The zero-order valence-electron chi connectivity index (χ0n) is 11.3. The maximum Gasteiger partial charge on any atom is 0.0481 e. The van der Waals surface area contributed by atoms with Gasteiger partial charge in [0.05, 0.1) is 0 Å². The summed E-state index contributed by atoms with van der Waals surface area (Å²) in [7, 11) is 4.31. The standard InChI is InChI=1S/C15H23ClN2/c1-18(2)15(10-4-3-5-11-15)14(17)12-6-8-13(16)9-7-12/h6-9,14H,3-5,10-11,17H2,1-2H3. The van der Waals surface area contributed by atoms with Crippen LogP contribution < -0.4 is 5.73 Å². The second-order valence-electron chi connectivity index (χ2n) is 5.59. The molecular weight excluding hydrogens is 244 g/mol. The molecule has 0 spiro atoms. The Morgan fingerprint density at radius 3 is 2.17 bits per heavy atom. The third-order valence-electron chi connectivity index (χ3n) is 4.42. The predicted molar refractivity (Wildman–Crippen MR) is 77.9 cm³/mol. The molecule has 1 saturated carbocycles. The molecular formula is C15H23ClN2. The molecule has 1 fully saturated rings. The van der Waals surface area contributed by atoms with Gasteiger partial charge in [-0.3, -0.25) is 0 Å². The quantitative estimate of drug-likeness (QED) is 0.906. The molecule has 0 saturated heterocycles. The van der Waals surface area contributed by atoms with E-state index >= 15 is 0 Å². The van der Waals surface area contributed by atoms with E-state index in [1.165, 1.54) is 37.7 Å². The molecule has 2 N–H and O–H groups in total. The third-order valence-corrected chi connectivity index (χ3v) is 4.67. The van der Waals surface area contributed by atoms with Crippen LogP contribution in [-0.2, 0) is 0 Å². The monoisotopic (exact) mass is 266 g/mol.